The van der Waals surface area contributed by atoms with Crippen LogP contribution in [-0.4, -0.2) is 85.4 Å². The zero-order valence-electron chi connectivity index (χ0n) is 14.0. The number of unbranched alkanes of at least 4 members (excludes halogenated alkanes) is 4. The fraction of sp³-hybridized carbons (Fsp3) is 0.923. The van der Waals surface area contributed by atoms with Crippen LogP contribution in [0.3, 0.4) is 0 Å². The van der Waals surface area contributed by atoms with Crippen molar-refractivity contribution >= 4 is 54.9 Å². The summed E-state index contributed by atoms with van der Waals surface area (Å²) < 4.78 is 10.7. The summed E-state index contributed by atoms with van der Waals surface area (Å²) in [5.74, 6) is -0.934. The fourth-order valence-corrected chi connectivity index (χ4v) is 1.39. The maximum atomic E-state index is 10.5. The Hall–Kier alpha value is 0.961. The number of hydrogen-bond donors (Lipinski definition) is 1. The van der Waals surface area contributed by atoms with Crippen molar-refractivity contribution < 1.29 is 22.2 Å². The molecule has 0 saturated carbocycles. The van der Waals surface area contributed by atoms with E-state index in [0.717, 1.165) is 13.0 Å². The van der Waals surface area contributed by atoms with Gasteiger partial charge < -0.3 is 17.4 Å². The number of ether oxygens (including phenoxy) is 2. The third-order valence-electron chi connectivity index (χ3n) is 2.58. The van der Waals surface area contributed by atoms with E-state index in [1.807, 2.05) is 6.92 Å². The van der Waals surface area contributed by atoms with Crippen LogP contribution >= 0.6 is 0 Å². The molecule has 0 aliphatic heterocycles. The fourth-order valence-electron chi connectivity index (χ4n) is 1.39. The maximum absolute atomic E-state index is 10.5. The van der Waals surface area contributed by atoms with Crippen LogP contribution in [0.1, 0.15) is 55.7 Å². The summed E-state index contributed by atoms with van der Waals surface area (Å²) in [5.41, 5.74) is 0. The molecule has 0 aromatic rings. The van der Waals surface area contributed by atoms with Crippen molar-refractivity contribution in [2.45, 2.75) is 65.1 Å². The van der Waals surface area contributed by atoms with E-state index in [1.165, 1.54) is 32.6 Å². The molecule has 4 nitrogen and oxygen atoms in total. The van der Waals surface area contributed by atoms with Gasteiger partial charge in [-0.2, -0.15) is 0 Å². The minimum absolute atomic E-state index is 0. The monoisotopic (exact) mass is 386 g/mol. The summed E-state index contributed by atoms with van der Waals surface area (Å²) in [6.07, 6.45) is 5.27. The van der Waals surface area contributed by atoms with Crippen molar-refractivity contribution in [3.8, 4) is 0 Å². The number of carbonyl (C=O) groups is 1. The molecule has 0 aromatic heterocycles. The second-order valence-electron chi connectivity index (χ2n) is 4.41. The molecule has 0 spiro atoms. The molecule has 18 heavy (non-hydrogen) atoms. The molecule has 5 heteroatoms. The molecule has 0 radical (unpaired) electrons. The molecule has 0 aromatic carbocycles. The van der Waals surface area contributed by atoms with Gasteiger partial charge in [-0.05, 0) is 20.3 Å². The molecule has 2 unspecified atom stereocenters. The Morgan fingerprint density at radius 1 is 1.17 bits per heavy atom. The average molecular weight is 386 g/mol. The van der Waals surface area contributed by atoms with E-state index in [-0.39, 0.29) is 57.8 Å². The topological polar surface area (TPSA) is 55.8 Å². The van der Waals surface area contributed by atoms with E-state index in [0.29, 0.717) is 6.61 Å². The maximum Gasteiger partial charge on any atom is 2.00 e. The molecule has 0 bridgehead atoms. The molecule has 0 rings (SSSR count). The van der Waals surface area contributed by atoms with Crippen LogP contribution in [0.15, 0.2) is 0 Å². The van der Waals surface area contributed by atoms with Crippen molar-refractivity contribution in [3.05, 3.63) is 0 Å². The third kappa shape index (κ3) is 13.4. The first-order valence-electron chi connectivity index (χ1n) is 6.54. The van der Waals surface area contributed by atoms with Gasteiger partial charge in [0.15, 0.2) is 6.10 Å². The number of aliphatic carboxylic acids is 1. The van der Waals surface area contributed by atoms with Gasteiger partial charge in [0.2, 0.25) is 0 Å². The van der Waals surface area contributed by atoms with Crippen molar-refractivity contribution in [2.24, 2.45) is 0 Å². The van der Waals surface area contributed by atoms with Crippen molar-refractivity contribution in [3.63, 3.8) is 0 Å². The second kappa shape index (κ2) is 14.4. The van der Waals surface area contributed by atoms with E-state index in [9.17, 15) is 4.79 Å². The van der Waals surface area contributed by atoms with Gasteiger partial charge in [0.25, 0.3) is 0 Å². The molecule has 2 atom stereocenters. The Bertz CT molecular complexity index is 209. The van der Waals surface area contributed by atoms with Gasteiger partial charge in [-0.25, -0.2) is 4.79 Å². The van der Waals surface area contributed by atoms with Crippen LogP contribution in [-0.2, 0) is 14.3 Å². The summed E-state index contributed by atoms with van der Waals surface area (Å²) in [4.78, 5) is 10.5. The molecule has 0 fully saturated rings. The molecule has 0 heterocycles. The van der Waals surface area contributed by atoms with Crippen molar-refractivity contribution in [1.29, 1.82) is 0 Å². The molecule has 0 amide bonds. The van der Waals surface area contributed by atoms with Crippen LogP contribution in [0.25, 0.3) is 0 Å². The average Bonchev–Trinajstić information content (AvgIpc) is 2.30. The van der Waals surface area contributed by atoms with Crippen LogP contribution in [0, 0.1) is 0 Å². The minimum Gasteiger partial charge on any atom is -1.00 e. The standard InChI is InChI=1S/C13H26O4.Ba.2H/c1-4-5-6-7-8-9-16-11(2)10-17-12(3)13(14)15;;;/h11-12H,4-10H2,1-3H3,(H,14,15);;;/q;+2;2*-1. The number of carboxylic acids is 1. The predicted octanol–water partition coefficient (Wildman–Crippen LogP) is 2.70. The first-order valence-corrected chi connectivity index (χ1v) is 6.54. The van der Waals surface area contributed by atoms with Gasteiger partial charge in [-0.3, -0.25) is 0 Å². The quantitative estimate of drug-likeness (QED) is 0.439. The van der Waals surface area contributed by atoms with Gasteiger partial charge in [0, 0.05) is 6.61 Å². The largest absolute Gasteiger partial charge is 2.00 e. The first kappa shape index (κ1) is 21.3. The Morgan fingerprint density at radius 2 is 1.78 bits per heavy atom. The predicted molar refractivity (Wildman–Crippen MR) is 75.2 cm³/mol. The van der Waals surface area contributed by atoms with E-state index in [2.05, 4.69) is 6.92 Å². The Balaban J connectivity index is -0.000000427. The van der Waals surface area contributed by atoms with Crippen molar-refractivity contribution in [1.82, 2.24) is 0 Å². The smallest absolute Gasteiger partial charge is 1.00 e. The summed E-state index contributed by atoms with van der Waals surface area (Å²) in [7, 11) is 0. The van der Waals surface area contributed by atoms with Crippen LogP contribution < -0.4 is 0 Å². The molecule has 106 valence electrons. The van der Waals surface area contributed by atoms with Gasteiger partial charge in [0.05, 0.1) is 12.7 Å². The Labute approximate surface area is 154 Å². The summed E-state index contributed by atoms with van der Waals surface area (Å²) in [6, 6.07) is 0. The minimum atomic E-state index is -0.934. The molecule has 0 saturated heterocycles. The number of hydrogen-bond acceptors (Lipinski definition) is 3. The molecular formula is C13H28BaO4. The Kier molecular flexibility index (Phi) is 17.0. The SMILES string of the molecule is CCCCCCCOC(C)COC(C)C(=O)O.[Ba+2].[H-].[H-]. The van der Waals surface area contributed by atoms with E-state index in [4.69, 9.17) is 14.6 Å². The number of carboxylic acid groups (broad SMARTS) is 1. The number of rotatable bonds is 11. The second-order valence-corrected chi connectivity index (χ2v) is 4.41. The van der Waals surface area contributed by atoms with Gasteiger partial charge >= 0.3 is 54.9 Å². The van der Waals surface area contributed by atoms with Gasteiger partial charge in [0.1, 0.15) is 0 Å². The zero-order valence-corrected chi connectivity index (χ0v) is 16.4. The molecule has 0 aliphatic carbocycles. The summed E-state index contributed by atoms with van der Waals surface area (Å²) >= 11 is 0. The zero-order chi connectivity index (χ0) is 13.1. The van der Waals surface area contributed by atoms with E-state index >= 15 is 0 Å². The third-order valence-corrected chi connectivity index (χ3v) is 2.58. The van der Waals surface area contributed by atoms with Crippen LogP contribution in [0.2, 0.25) is 0 Å². The van der Waals surface area contributed by atoms with E-state index < -0.39 is 12.1 Å². The van der Waals surface area contributed by atoms with Crippen LogP contribution in [0.4, 0.5) is 0 Å². The summed E-state index contributed by atoms with van der Waals surface area (Å²) in [5, 5.41) is 8.63. The molecule has 0 aliphatic rings. The first-order chi connectivity index (χ1) is 8.07. The molecular weight excluding hydrogens is 357 g/mol. The molecule has 1 N–H and O–H groups in total. The Morgan fingerprint density at radius 3 is 2.33 bits per heavy atom. The van der Waals surface area contributed by atoms with Gasteiger partial charge in [-0.15, -0.1) is 0 Å². The van der Waals surface area contributed by atoms with Crippen LogP contribution in [0.5, 0.6) is 0 Å². The van der Waals surface area contributed by atoms with E-state index in [1.54, 1.807) is 0 Å². The summed E-state index contributed by atoms with van der Waals surface area (Å²) in [6.45, 7) is 6.69. The normalized spacial score (nSPS) is 13.7. The van der Waals surface area contributed by atoms with Crippen molar-refractivity contribution in [2.75, 3.05) is 13.2 Å². The van der Waals surface area contributed by atoms with Gasteiger partial charge in [-0.1, -0.05) is 32.6 Å².